The third-order valence-electron chi connectivity index (χ3n) is 3.48. The third kappa shape index (κ3) is 3.18. The van der Waals surface area contributed by atoms with Crippen LogP contribution >= 0.6 is 0 Å². The van der Waals surface area contributed by atoms with E-state index in [0.29, 0.717) is 12.1 Å². The molecular weight excluding hydrogens is 268 g/mol. The van der Waals surface area contributed by atoms with Crippen LogP contribution in [0.5, 0.6) is 0 Å². The Morgan fingerprint density at radius 2 is 2.00 bits per heavy atom. The highest BCUT2D eigenvalue weighted by Gasteiger charge is 2.23. The van der Waals surface area contributed by atoms with Gasteiger partial charge in [0.1, 0.15) is 0 Å². The molecule has 1 heterocycles. The number of pyridine rings is 1. The Morgan fingerprint density at radius 1 is 1.29 bits per heavy atom. The van der Waals surface area contributed by atoms with Crippen molar-refractivity contribution in [2.24, 2.45) is 0 Å². The normalized spacial score (nSPS) is 12.1. The predicted octanol–water partition coefficient (Wildman–Crippen LogP) is 2.56. The first kappa shape index (κ1) is 15.0. The Hall–Kier alpha value is -2.43. The minimum absolute atomic E-state index is 0.0669. The quantitative estimate of drug-likeness (QED) is 0.917. The molecule has 0 radical (unpaired) electrons. The SMILES string of the molecule is CCN(C(=O)c1ccnc2ccccc12)C(C)CC(=O)O. The van der Waals surface area contributed by atoms with Crippen LogP contribution in [0.3, 0.4) is 0 Å². The second-order valence-corrected chi connectivity index (χ2v) is 4.91. The van der Waals surface area contributed by atoms with E-state index in [0.717, 1.165) is 10.9 Å². The summed E-state index contributed by atoms with van der Waals surface area (Å²) in [4.78, 5) is 29.4. The highest BCUT2D eigenvalue weighted by Crippen LogP contribution is 2.19. The largest absolute Gasteiger partial charge is 0.481 e. The molecule has 2 rings (SSSR count). The minimum atomic E-state index is -0.909. The number of carboxylic acid groups (broad SMARTS) is 1. The van der Waals surface area contributed by atoms with E-state index >= 15 is 0 Å². The maximum absolute atomic E-state index is 12.7. The smallest absolute Gasteiger partial charge is 0.305 e. The molecular formula is C16H18N2O3. The molecule has 1 aromatic heterocycles. The third-order valence-corrected chi connectivity index (χ3v) is 3.48. The Morgan fingerprint density at radius 3 is 2.67 bits per heavy atom. The fourth-order valence-electron chi connectivity index (χ4n) is 2.46. The molecule has 5 nitrogen and oxygen atoms in total. The summed E-state index contributed by atoms with van der Waals surface area (Å²) in [5.74, 6) is -1.07. The Bertz CT molecular complexity index is 664. The zero-order valence-corrected chi connectivity index (χ0v) is 12.1. The van der Waals surface area contributed by atoms with Gasteiger partial charge < -0.3 is 10.0 Å². The number of rotatable bonds is 5. The second-order valence-electron chi connectivity index (χ2n) is 4.91. The molecule has 1 amide bonds. The van der Waals surface area contributed by atoms with Crippen molar-refractivity contribution in [1.82, 2.24) is 9.88 Å². The fraction of sp³-hybridized carbons (Fsp3) is 0.312. The summed E-state index contributed by atoms with van der Waals surface area (Å²) in [7, 11) is 0. The van der Waals surface area contributed by atoms with Crippen LogP contribution in [0.1, 0.15) is 30.6 Å². The van der Waals surface area contributed by atoms with Gasteiger partial charge in [0, 0.05) is 24.2 Å². The lowest BCUT2D eigenvalue weighted by Gasteiger charge is -2.27. The minimum Gasteiger partial charge on any atom is -0.481 e. The van der Waals surface area contributed by atoms with Crippen molar-refractivity contribution in [2.75, 3.05) is 6.54 Å². The van der Waals surface area contributed by atoms with Gasteiger partial charge in [0.25, 0.3) is 5.91 Å². The first-order valence-electron chi connectivity index (χ1n) is 6.91. The first-order valence-corrected chi connectivity index (χ1v) is 6.91. The number of nitrogens with zero attached hydrogens (tertiary/aromatic N) is 2. The van der Waals surface area contributed by atoms with E-state index < -0.39 is 5.97 Å². The lowest BCUT2D eigenvalue weighted by atomic mass is 10.1. The lowest BCUT2D eigenvalue weighted by molar-refractivity contribution is -0.138. The Balaban J connectivity index is 2.38. The standard InChI is InChI=1S/C16H18N2O3/c1-3-18(11(2)10-15(19)20)16(21)13-8-9-17-14-7-5-4-6-12(13)14/h4-9,11H,3,10H2,1-2H3,(H,19,20). The van der Waals surface area contributed by atoms with Crippen LogP contribution in [0.2, 0.25) is 0 Å². The molecule has 2 aromatic rings. The molecule has 0 fully saturated rings. The van der Waals surface area contributed by atoms with Crippen molar-refractivity contribution in [2.45, 2.75) is 26.3 Å². The summed E-state index contributed by atoms with van der Waals surface area (Å²) < 4.78 is 0. The summed E-state index contributed by atoms with van der Waals surface area (Å²) in [5, 5.41) is 9.69. The number of benzene rings is 1. The van der Waals surface area contributed by atoms with Crippen LogP contribution in [0.4, 0.5) is 0 Å². The van der Waals surface area contributed by atoms with E-state index in [1.807, 2.05) is 31.2 Å². The molecule has 1 aromatic carbocycles. The number of carbonyl (C=O) groups is 2. The van der Waals surface area contributed by atoms with Crippen LogP contribution in [0.25, 0.3) is 10.9 Å². The van der Waals surface area contributed by atoms with Crippen LogP contribution in [0, 0.1) is 0 Å². The van der Waals surface area contributed by atoms with Crippen molar-refractivity contribution in [3.05, 3.63) is 42.1 Å². The van der Waals surface area contributed by atoms with Gasteiger partial charge in [0.2, 0.25) is 0 Å². The summed E-state index contributed by atoms with van der Waals surface area (Å²) in [6.45, 7) is 4.06. The molecule has 1 atom stereocenters. The number of carboxylic acids is 1. The molecule has 5 heteroatoms. The fourth-order valence-corrected chi connectivity index (χ4v) is 2.46. The summed E-state index contributed by atoms with van der Waals surface area (Å²) in [6, 6.07) is 8.76. The van der Waals surface area contributed by atoms with Gasteiger partial charge in [0.15, 0.2) is 0 Å². The van der Waals surface area contributed by atoms with Gasteiger partial charge in [-0.1, -0.05) is 18.2 Å². The molecule has 1 unspecified atom stereocenters. The van der Waals surface area contributed by atoms with E-state index in [2.05, 4.69) is 4.98 Å². The molecule has 0 aliphatic carbocycles. The Kier molecular flexibility index (Phi) is 4.52. The molecule has 0 aliphatic heterocycles. The molecule has 0 bridgehead atoms. The number of para-hydroxylation sites is 1. The maximum atomic E-state index is 12.7. The Labute approximate surface area is 123 Å². The van der Waals surface area contributed by atoms with Gasteiger partial charge in [-0.15, -0.1) is 0 Å². The van der Waals surface area contributed by atoms with Gasteiger partial charge in [-0.05, 0) is 26.0 Å². The number of carbonyl (C=O) groups excluding carboxylic acids is 1. The zero-order valence-electron chi connectivity index (χ0n) is 12.1. The van der Waals surface area contributed by atoms with E-state index in [1.165, 1.54) is 0 Å². The van der Waals surface area contributed by atoms with Crippen LogP contribution in [-0.4, -0.2) is 39.5 Å². The molecule has 0 spiro atoms. The summed E-state index contributed by atoms with van der Waals surface area (Å²) in [6.07, 6.45) is 1.54. The highest BCUT2D eigenvalue weighted by molar-refractivity contribution is 6.06. The number of hydrogen-bond donors (Lipinski definition) is 1. The van der Waals surface area contributed by atoms with Crippen LogP contribution in [-0.2, 0) is 4.79 Å². The van der Waals surface area contributed by atoms with E-state index in [-0.39, 0.29) is 18.4 Å². The molecule has 0 aliphatic rings. The topological polar surface area (TPSA) is 70.5 Å². The van der Waals surface area contributed by atoms with Gasteiger partial charge in [-0.2, -0.15) is 0 Å². The number of amides is 1. The van der Waals surface area contributed by atoms with Gasteiger partial charge in [-0.25, -0.2) is 0 Å². The molecule has 0 saturated heterocycles. The van der Waals surface area contributed by atoms with E-state index in [4.69, 9.17) is 5.11 Å². The molecule has 110 valence electrons. The maximum Gasteiger partial charge on any atom is 0.305 e. The number of aromatic nitrogens is 1. The number of aliphatic carboxylic acids is 1. The average molecular weight is 286 g/mol. The number of hydrogen-bond acceptors (Lipinski definition) is 3. The number of fused-ring (bicyclic) bond motifs is 1. The van der Waals surface area contributed by atoms with Gasteiger partial charge in [0.05, 0.1) is 17.5 Å². The average Bonchev–Trinajstić information content (AvgIpc) is 2.46. The van der Waals surface area contributed by atoms with E-state index in [9.17, 15) is 9.59 Å². The highest BCUT2D eigenvalue weighted by atomic mass is 16.4. The monoisotopic (exact) mass is 286 g/mol. The van der Waals surface area contributed by atoms with Crippen molar-refractivity contribution in [3.63, 3.8) is 0 Å². The molecule has 21 heavy (non-hydrogen) atoms. The van der Waals surface area contributed by atoms with Gasteiger partial charge in [-0.3, -0.25) is 14.6 Å². The van der Waals surface area contributed by atoms with Crippen molar-refractivity contribution in [3.8, 4) is 0 Å². The van der Waals surface area contributed by atoms with Gasteiger partial charge >= 0.3 is 5.97 Å². The second kappa shape index (κ2) is 6.35. The van der Waals surface area contributed by atoms with Crippen molar-refractivity contribution < 1.29 is 14.7 Å². The molecule has 1 N–H and O–H groups in total. The first-order chi connectivity index (χ1) is 10.0. The van der Waals surface area contributed by atoms with Crippen LogP contribution < -0.4 is 0 Å². The van der Waals surface area contributed by atoms with Crippen LogP contribution in [0.15, 0.2) is 36.5 Å². The zero-order chi connectivity index (χ0) is 15.4. The van der Waals surface area contributed by atoms with Crippen molar-refractivity contribution >= 4 is 22.8 Å². The van der Waals surface area contributed by atoms with Crippen molar-refractivity contribution in [1.29, 1.82) is 0 Å². The molecule has 0 saturated carbocycles. The summed E-state index contributed by atoms with van der Waals surface area (Å²) >= 11 is 0. The predicted molar refractivity (Wildman–Crippen MR) is 80.2 cm³/mol. The lowest BCUT2D eigenvalue weighted by Crippen LogP contribution is -2.39. The summed E-state index contributed by atoms with van der Waals surface area (Å²) in [5.41, 5.74) is 1.31. The van der Waals surface area contributed by atoms with E-state index in [1.54, 1.807) is 24.1 Å².